The molecule has 1 N–H and O–H groups in total. The molecular formula is C17H21NO. The number of fused-ring (bicyclic) bond motifs is 1. The number of aliphatic hydroxyl groups is 1. The van der Waals surface area contributed by atoms with Crippen LogP contribution >= 0.6 is 0 Å². The lowest BCUT2D eigenvalue weighted by Gasteiger charge is -2.43. The Labute approximate surface area is 115 Å². The molecule has 2 nitrogen and oxygen atoms in total. The highest BCUT2D eigenvalue weighted by Crippen LogP contribution is 2.52. The molecule has 0 bridgehead atoms. The van der Waals surface area contributed by atoms with Crippen LogP contribution in [0.5, 0.6) is 0 Å². The summed E-state index contributed by atoms with van der Waals surface area (Å²) in [5.41, 5.74) is 1.21. The lowest BCUT2D eigenvalue weighted by molar-refractivity contribution is -0.0649. The molecule has 0 aromatic heterocycles. The van der Waals surface area contributed by atoms with Gasteiger partial charge >= 0.3 is 0 Å². The van der Waals surface area contributed by atoms with E-state index in [0.717, 1.165) is 32.1 Å². The van der Waals surface area contributed by atoms with Crippen molar-refractivity contribution in [1.82, 2.24) is 0 Å². The fourth-order valence-electron chi connectivity index (χ4n) is 4.05. The summed E-state index contributed by atoms with van der Waals surface area (Å²) in [5.74, 6) is 0.556. The number of aryl methyl sites for hydroxylation is 1. The summed E-state index contributed by atoms with van der Waals surface area (Å²) >= 11 is 0. The van der Waals surface area contributed by atoms with E-state index in [1.807, 2.05) is 6.07 Å². The van der Waals surface area contributed by atoms with Crippen LogP contribution in [0.1, 0.15) is 43.7 Å². The summed E-state index contributed by atoms with van der Waals surface area (Å²) < 4.78 is 0. The maximum atomic E-state index is 11.2. The first-order chi connectivity index (χ1) is 9.09. The maximum absolute atomic E-state index is 11.2. The molecule has 100 valence electrons. The molecule has 1 saturated carbocycles. The van der Waals surface area contributed by atoms with Gasteiger partial charge in [-0.3, -0.25) is 0 Å². The average Bonchev–Trinajstić information content (AvgIpc) is 2.82. The van der Waals surface area contributed by atoms with E-state index in [1.165, 1.54) is 11.1 Å². The second-order valence-electron chi connectivity index (χ2n) is 6.52. The van der Waals surface area contributed by atoms with Crippen LogP contribution in [-0.2, 0) is 12.8 Å². The molecule has 3 unspecified atom stereocenters. The molecule has 1 aromatic rings. The summed E-state index contributed by atoms with van der Waals surface area (Å²) in [7, 11) is 0. The number of hydrogen-bond acceptors (Lipinski definition) is 2. The van der Waals surface area contributed by atoms with E-state index in [4.69, 9.17) is 0 Å². The maximum Gasteiger partial charge on any atom is 0.0876 e. The van der Waals surface area contributed by atoms with E-state index >= 15 is 0 Å². The Morgan fingerprint density at radius 1 is 1.26 bits per heavy atom. The highest BCUT2D eigenvalue weighted by atomic mass is 16.3. The molecule has 1 aromatic carbocycles. The minimum absolute atomic E-state index is 0.528. The third-order valence-corrected chi connectivity index (χ3v) is 5.27. The molecule has 19 heavy (non-hydrogen) atoms. The van der Waals surface area contributed by atoms with E-state index < -0.39 is 11.0 Å². The zero-order valence-corrected chi connectivity index (χ0v) is 11.5. The van der Waals surface area contributed by atoms with Crippen LogP contribution in [-0.4, -0.2) is 10.7 Å². The van der Waals surface area contributed by atoms with Gasteiger partial charge < -0.3 is 5.11 Å². The second kappa shape index (κ2) is 4.35. The van der Waals surface area contributed by atoms with Gasteiger partial charge in [-0.25, -0.2) is 0 Å². The zero-order valence-electron chi connectivity index (χ0n) is 11.5. The van der Waals surface area contributed by atoms with Crippen molar-refractivity contribution in [3.8, 4) is 6.07 Å². The van der Waals surface area contributed by atoms with Crippen LogP contribution in [0.15, 0.2) is 24.3 Å². The Kier molecular flexibility index (Phi) is 2.91. The fraction of sp³-hybridized carbons (Fsp3) is 0.588. The van der Waals surface area contributed by atoms with Gasteiger partial charge in [0.15, 0.2) is 0 Å². The quantitative estimate of drug-likeness (QED) is 0.837. The van der Waals surface area contributed by atoms with Crippen molar-refractivity contribution >= 4 is 0 Å². The summed E-state index contributed by atoms with van der Waals surface area (Å²) in [6.45, 7) is 2.19. The summed E-state index contributed by atoms with van der Waals surface area (Å²) in [5, 5.41) is 20.9. The molecule has 3 atom stereocenters. The van der Waals surface area contributed by atoms with E-state index in [0.29, 0.717) is 12.3 Å². The molecule has 2 aliphatic carbocycles. The van der Waals surface area contributed by atoms with Gasteiger partial charge in [0.1, 0.15) is 0 Å². The second-order valence-corrected chi connectivity index (χ2v) is 6.52. The lowest BCUT2D eigenvalue weighted by atomic mass is 9.63. The topological polar surface area (TPSA) is 44.0 Å². The van der Waals surface area contributed by atoms with Gasteiger partial charge in [0.05, 0.1) is 17.1 Å². The van der Waals surface area contributed by atoms with Crippen LogP contribution in [0.4, 0.5) is 0 Å². The Bertz CT molecular complexity index is 532. The van der Waals surface area contributed by atoms with Gasteiger partial charge in [-0.2, -0.15) is 5.26 Å². The number of nitriles is 1. The van der Waals surface area contributed by atoms with Crippen molar-refractivity contribution in [2.45, 2.75) is 51.0 Å². The molecule has 1 fully saturated rings. The molecule has 3 rings (SSSR count). The standard InChI is InChI=1S/C17H21NO/c1-13-6-8-16(10-13,12-18)17(19)9-7-14-4-2-3-5-15(14)11-17/h2-5,13,19H,6-11H2,1H3. The van der Waals surface area contributed by atoms with Crippen molar-refractivity contribution in [2.24, 2.45) is 11.3 Å². The summed E-state index contributed by atoms with van der Waals surface area (Å²) in [4.78, 5) is 0. The fourth-order valence-corrected chi connectivity index (χ4v) is 4.05. The molecule has 0 spiro atoms. The number of hydrogen-bond donors (Lipinski definition) is 1. The molecule has 0 radical (unpaired) electrons. The first kappa shape index (κ1) is 12.7. The Morgan fingerprint density at radius 2 is 2.00 bits per heavy atom. The van der Waals surface area contributed by atoms with Crippen LogP contribution in [0, 0.1) is 22.7 Å². The van der Waals surface area contributed by atoms with Gasteiger partial charge in [-0.15, -0.1) is 0 Å². The lowest BCUT2D eigenvalue weighted by Crippen LogP contribution is -2.50. The number of nitrogens with zero attached hydrogens (tertiary/aromatic N) is 1. The van der Waals surface area contributed by atoms with Crippen LogP contribution in [0.25, 0.3) is 0 Å². The number of benzene rings is 1. The van der Waals surface area contributed by atoms with Gasteiger partial charge in [0.2, 0.25) is 0 Å². The van der Waals surface area contributed by atoms with E-state index in [1.54, 1.807) is 0 Å². The normalized spacial score (nSPS) is 37.6. The molecule has 2 heteroatoms. The molecule has 0 heterocycles. The highest BCUT2D eigenvalue weighted by molar-refractivity contribution is 5.34. The smallest absolute Gasteiger partial charge is 0.0876 e. The summed E-state index contributed by atoms with van der Waals surface area (Å²) in [6.07, 6.45) is 5.03. The van der Waals surface area contributed by atoms with E-state index in [9.17, 15) is 10.4 Å². The summed E-state index contributed by atoms with van der Waals surface area (Å²) in [6, 6.07) is 10.8. The highest BCUT2D eigenvalue weighted by Gasteiger charge is 2.54. The third kappa shape index (κ3) is 1.88. The predicted octanol–water partition coefficient (Wildman–Crippen LogP) is 3.24. The van der Waals surface area contributed by atoms with Crippen molar-refractivity contribution in [3.63, 3.8) is 0 Å². The average molecular weight is 255 g/mol. The molecule has 2 aliphatic rings. The third-order valence-electron chi connectivity index (χ3n) is 5.27. The Hall–Kier alpha value is -1.33. The molecule has 0 aliphatic heterocycles. The van der Waals surface area contributed by atoms with Gasteiger partial charge in [-0.05, 0) is 49.1 Å². The molecule has 0 saturated heterocycles. The largest absolute Gasteiger partial charge is 0.388 e. The van der Waals surface area contributed by atoms with E-state index in [2.05, 4.69) is 31.2 Å². The van der Waals surface area contributed by atoms with E-state index in [-0.39, 0.29) is 0 Å². The first-order valence-corrected chi connectivity index (χ1v) is 7.29. The number of rotatable bonds is 1. The van der Waals surface area contributed by atoms with Crippen molar-refractivity contribution < 1.29 is 5.11 Å². The van der Waals surface area contributed by atoms with Crippen LogP contribution in [0.2, 0.25) is 0 Å². The van der Waals surface area contributed by atoms with Crippen LogP contribution < -0.4 is 0 Å². The van der Waals surface area contributed by atoms with Gasteiger partial charge in [0, 0.05) is 6.42 Å². The van der Waals surface area contributed by atoms with Crippen molar-refractivity contribution in [2.75, 3.05) is 0 Å². The zero-order chi connectivity index (χ0) is 13.5. The SMILES string of the molecule is CC1CCC(C#N)(C2(O)CCc3ccccc3C2)C1. The predicted molar refractivity (Wildman–Crippen MR) is 74.5 cm³/mol. The monoisotopic (exact) mass is 255 g/mol. The first-order valence-electron chi connectivity index (χ1n) is 7.29. The molecule has 0 amide bonds. The minimum Gasteiger partial charge on any atom is -0.388 e. The van der Waals surface area contributed by atoms with Gasteiger partial charge in [0.25, 0.3) is 0 Å². The Balaban J connectivity index is 1.95. The van der Waals surface area contributed by atoms with Crippen molar-refractivity contribution in [1.29, 1.82) is 5.26 Å². The Morgan fingerprint density at radius 3 is 2.63 bits per heavy atom. The van der Waals surface area contributed by atoms with Gasteiger partial charge in [-0.1, -0.05) is 31.2 Å². The minimum atomic E-state index is -0.832. The van der Waals surface area contributed by atoms with Crippen LogP contribution in [0.3, 0.4) is 0 Å². The molecular weight excluding hydrogens is 234 g/mol. The van der Waals surface area contributed by atoms with Crippen molar-refractivity contribution in [3.05, 3.63) is 35.4 Å².